The van der Waals surface area contributed by atoms with E-state index in [1.165, 1.54) is 12.8 Å². The lowest BCUT2D eigenvalue weighted by Crippen LogP contribution is -2.41. The number of nitrogens with two attached hydrogens (primary N) is 1. The lowest BCUT2D eigenvalue weighted by Gasteiger charge is -2.34. The van der Waals surface area contributed by atoms with Gasteiger partial charge in [0.25, 0.3) is 0 Å². The number of anilines is 1. The number of carbonyl (C=O) groups is 2. The Kier molecular flexibility index (Phi) is 7.09. The van der Waals surface area contributed by atoms with E-state index in [9.17, 15) is 9.59 Å². The number of piperidine rings is 1. The molecule has 0 unspecified atom stereocenters. The van der Waals surface area contributed by atoms with Crippen LogP contribution in [-0.4, -0.2) is 57.0 Å². The van der Waals surface area contributed by atoms with Crippen molar-refractivity contribution >= 4 is 23.4 Å². The molecule has 2 aliphatic heterocycles. The molecule has 1 amide bonds. The maximum absolute atomic E-state index is 12.0. The third-order valence-corrected chi connectivity index (χ3v) is 5.91. The lowest BCUT2D eigenvalue weighted by molar-refractivity contribution is -0.143. The molecule has 2 heterocycles. The summed E-state index contributed by atoms with van der Waals surface area (Å²) in [6.45, 7) is 3.68. The quantitative estimate of drug-likeness (QED) is 0.291. The van der Waals surface area contributed by atoms with Crippen LogP contribution in [-0.2, 0) is 14.3 Å². The average Bonchev–Trinajstić information content (AvgIpc) is 3.07. The Morgan fingerprint density at radius 1 is 1.28 bits per heavy atom. The van der Waals surface area contributed by atoms with Gasteiger partial charge in [0.15, 0.2) is 0 Å². The second-order valence-electron chi connectivity index (χ2n) is 7.97. The topological polar surface area (TPSA) is 121 Å². The largest absolute Gasteiger partial charge is 0.469 e. The average molecular weight is 402 g/mol. The molecule has 158 valence electrons. The summed E-state index contributed by atoms with van der Waals surface area (Å²) in [4.78, 5) is 25.7. The number of rotatable bonds is 8. The number of nitrogens with one attached hydrogen (secondary N) is 3. The summed E-state index contributed by atoms with van der Waals surface area (Å²) >= 11 is 0. The van der Waals surface area contributed by atoms with Gasteiger partial charge in [-0.1, -0.05) is 0 Å². The highest BCUT2D eigenvalue weighted by atomic mass is 16.5. The van der Waals surface area contributed by atoms with E-state index in [1.807, 2.05) is 24.3 Å². The van der Waals surface area contributed by atoms with Gasteiger partial charge in [-0.15, -0.1) is 0 Å². The summed E-state index contributed by atoms with van der Waals surface area (Å²) in [5.74, 6) is 0.0572. The number of carbonyl (C=O) groups excluding carboxylic acids is 2. The predicted molar refractivity (Wildman–Crippen MR) is 112 cm³/mol. The summed E-state index contributed by atoms with van der Waals surface area (Å²) < 4.78 is 4.66. The minimum Gasteiger partial charge on any atom is -0.469 e. The maximum atomic E-state index is 12.0. The standard InChI is InChI=1S/C21H31N5O3/c1-29-19(27)11-16-10-17(25-21(16)28)13-24-12-14-6-8-26(9-7-14)18-4-2-15(3-5-18)20(22)23/h2-5,14,16-17,24H,6-13H2,1H3,(H3,22,23)(H,25,28)/t16-,17-/m0/s1. The van der Waals surface area contributed by atoms with Gasteiger partial charge in [-0.3, -0.25) is 15.0 Å². The van der Waals surface area contributed by atoms with Gasteiger partial charge in [0.05, 0.1) is 19.4 Å². The van der Waals surface area contributed by atoms with Crippen molar-refractivity contribution in [3.63, 3.8) is 0 Å². The van der Waals surface area contributed by atoms with Gasteiger partial charge in [0.1, 0.15) is 5.84 Å². The fourth-order valence-electron chi connectivity index (χ4n) is 4.13. The van der Waals surface area contributed by atoms with Crippen molar-refractivity contribution in [3.05, 3.63) is 29.8 Å². The van der Waals surface area contributed by atoms with E-state index < -0.39 is 0 Å². The van der Waals surface area contributed by atoms with Crippen LogP contribution in [0.25, 0.3) is 0 Å². The molecule has 0 radical (unpaired) electrons. The Bertz CT molecular complexity index is 728. The second-order valence-corrected chi connectivity index (χ2v) is 7.97. The molecule has 3 rings (SSSR count). The fourth-order valence-corrected chi connectivity index (χ4v) is 4.13. The van der Waals surface area contributed by atoms with Gasteiger partial charge in [-0.25, -0.2) is 0 Å². The lowest BCUT2D eigenvalue weighted by atomic mass is 9.96. The monoisotopic (exact) mass is 401 g/mol. The molecule has 2 fully saturated rings. The minimum atomic E-state index is -0.332. The molecule has 1 aromatic carbocycles. The van der Waals surface area contributed by atoms with E-state index in [-0.39, 0.29) is 36.1 Å². The molecular weight excluding hydrogens is 370 g/mol. The Morgan fingerprint density at radius 3 is 2.59 bits per heavy atom. The smallest absolute Gasteiger partial charge is 0.306 e. The number of methoxy groups -OCH3 is 1. The first-order valence-electron chi connectivity index (χ1n) is 10.2. The zero-order chi connectivity index (χ0) is 20.8. The van der Waals surface area contributed by atoms with E-state index >= 15 is 0 Å². The molecular formula is C21H31N5O3. The number of ether oxygens (including phenoxy) is 1. The number of hydrogen-bond donors (Lipinski definition) is 4. The van der Waals surface area contributed by atoms with Crippen molar-refractivity contribution in [2.45, 2.75) is 31.7 Å². The molecule has 5 N–H and O–H groups in total. The number of esters is 1. The van der Waals surface area contributed by atoms with E-state index in [1.54, 1.807) is 0 Å². The number of amidine groups is 1. The number of nitrogen functional groups attached to an aromatic ring is 1. The zero-order valence-electron chi connectivity index (χ0n) is 16.9. The van der Waals surface area contributed by atoms with Gasteiger partial charge in [-0.2, -0.15) is 0 Å². The number of hydrogen-bond acceptors (Lipinski definition) is 6. The first kappa shape index (κ1) is 21.1. The van der Waals surface area contributed by atoms with Crippen LogP contribution in [0.15, 0.2) is 24.3 Å². The van der Waals surface area contributed by atoms with Gasteiger partial charge >= 0.3 is 5.97 Å². The van der Waals surface area contributed by atoms with E-state index in [0.717, 1.165) is 44.6 Å². The highest BCUT2D eigenvalue weighted by molar-refractivity contribution is 5.95. The Morgan fingerprint density at radius 2 is 1.97 bits per heavy atom. The summed E-state index contributed by atoms with van der Waals surface area (Å²) in [5.41, 5.74) is 7.44. The molecule has 8 heteroatoms. The molecule has 2 saturated heterocycles. The summed E-state index contributed by atoms with van der Waals surface area (Å²) in [6.07, 6.45) is 3.06. The molecule has 8 nitrogen and oxygen atoms in total. The van der Waals surface area contributed by atoms with Crippen LogP contribution in [0.1, 0.15) is 31.2 Å². The number of nitrogens with zero attached hydrogens (tertiary/aromatic N) is 1. The summed E-state index contributed by atoms with van der Waals surface area (Å²) in [7, 11) is 1.35. The SMILES string of the molecule is COC(=O)C[C@@H]1C[C@@H](CNCC2CCN(c3ccc(C(=N)N)cc3)CC2)NC1=O. The van der Waals surface area contributed by atoms with Gasteiger partial charge in [0.2, 0.25) is 5.91 Å². The third kappa shape index (κ3) is 5.69. The molecule has 0 saturated carbocycles. The number of amides is 1. The molecule has 2 aliphatic rings. The number of benzene rings is 1. The van der Waals surface area contributed by atoms with Crippen molar-refractivity contribution in [2.75, 3.05) is 38.2 Å². The van der Waals surface area contributed by atoms with Gasteiger partial charge in [-0.05, 0) is 56.0 Å². The van der Waals surface area contributed by atoms with Gasteiger partial charge < -0.3 is 26.0 Å². The van der Waals surface area contributed by atoms with Crippen molar-refractivity contribution in [1.29, 1.82) is 5.41 Å². The first-order chi connectivity index (χ1) is 14.0. The first-order valence-corrected chi connectivity index (χ1v) is 10.2. The molecule has 0 aromatic heterocycles. The zero-order valence-corrected chi connectivity index (χ0v) is 16.9. The normalized spacial score (nSPS) is 22.4. The van der Waals surface area contributed by atoms with Crippen LogP contribution in [0, 0.1) is 17.2 Å². The van der Waals surface area contributed by atoms with Crippen molar-refractivity contribution < 1.29 is 14.3 Å². The van der Waals surface area contributed by atoms with Crippen molar-refractivity contribution in [1.82, 2.24) is 10.6 Å². The molecule has 0 spiro atoms. The third-order valence-electron chi connectivity index (χ3n) is 5.91. The molecule has 0 aliphatic carbocycles. The van der Waals surface area contributed by atoms with Gasteiger partial charge in [0, 0.05) is 36.9 Å². The van der Waals surface area contributed by atoms with Crippen molar-refractivity contribution in [2.24, 2.45) is 17.6 Å². The second kappa shape index (κ2) is 9.73. The highest BCUT2D eigenvalue weighted by Crippen LogP contribution is 2.24. The Labute approximate surface area is 171 Å². The molecule has 0 bridgehead atoms. The minimum absolute atomic E-state index is 0.0497. The highest BCUT2D eigenvalue weighted by Gasteiger charge is 2.33. The Balaban J connectivity index is 1.36. The van der Waals surface area contributed by atoms with E-state index in [0.29, 0.717) is 12.3 Å². The Hall–Kier alpha value is -2.61. The summed E-state index contributed by atoms with van der Waals surface area (Å²) in [5, 5.41) is 13.9. The van der Waals surface area contributed by atoms with Crippen molar-refractivity contribution in [3.8, 4) is 0 Å². The van der Waals surface area contributed by atoms with Crippen LogP contribution in [0.3, 0.4) is 0 Å². The van der Waals surface area contributed by atoms with Crippen LogP contribution in [0.5, 0.6) is 0 Å². The van der Waals surface area contributed by atoms with Crippen LogP contribution in [0.4, 0.5) is 5.69 Å². The van der Waals surface area contributed by atoms with Crippen LogP contribution < -0.4 is 21.3 Å². The molecule has 1 aromatic rings. The molecule has 2 atom stereocenters. The van der Waals surface area contributed by atoms with Crippen LogP contribution >= 0.6 is 0 Å². The van der Waals surface area contributed by atoms with E-state index in [4.69, 9.17) is 11.1 Å². The summed E-state index contributed by atoms with van der Waals surface area (Å²) in [6, 6.07) is 7.94. The maximum Gasteiger partial charge on any atom is 0.306 e. The van der Waals surface area contributed by atoms with Crippen LogP contribution in [0.2, 0.25) is 0 Å². The van der Waals surface area contributed by atoms with E-state index in [2.05, 4.69) is 20.3 Å². The molecule has 29 heavy (non-hydrogen) atoms. The predicted octanol–water partition coefficient (Wildman–Crippen LogP) is 0.844. The fraction of sp³-hybridized carbons (Fsp3) is 0.571.